The number of nitrogens with zero attached hydrogens (tertiary/aromatic N) is 2. The molecular weight excluding hydrogens is 873 g/mol. The maximum atomic E-state index is 14.7. The summed E-state index contributed by atoms with van der Waals surface area (Å²) >= 11 is 0. The Morgan fingerprint density at radius 2 is 1.35 bits per heavy atom. The third kappa shape index (κ3) is 17.1. The van der Waals surface area contributed by atoms with Crippen molar-refractivity contribution in [1.29, 1.82) is 0 Å². The molecule has 4 atom stereocenters. The summed E-state index contributed by atoms with van der Waals surface area (Å²) in [6.45, 7) is 16.2. The van der Waals surface area contributed by atoms with Gasteiger partial charge in [-0.05, 0) is 86.1 Å². The molecule has 1 saturated heterocycles. The van der Waals surface area contributed by atoms with Crippen LogP contribution in [0, 0.1) is 35.0 Å². The Bertz CT molecular complexity index is 2210. The number of aryl methyl sites for hydroxylation is 1. The van der Waals surface area contributed by atoms with Gasteiger partial charge in [0.05, 0.1) is 37.4 Å². The van der Waals surface area contributed by atoms with E-state index in [-0.39, 0.29) is 78.7 Å². The first-order chi connectivity index (χ1) is 32.9. The molecule has 3 aromatic rings. The zero-order valence-corrected chi connectivity index (χ0v) is 42.3. The molecule has 1 aliphatic heterocycles. The zero-order valence-electron chi connectivity index (χ0n) is 42.3. The highest BCUT2D eigenvalue weighted by atomic mass is 16.6. The average Bonchev–Trinajstić information content (AvgIpc) is 4.07. The number of benzene rings is 3. The van der Waals surface area contributed by atoms with E-state index in [1.165, 1.54) is 13.3 Å². The molecule has 5 rings (SSSR count). The van der Waals surface area contributed by atoms with Gasteiger partial charge in [-0.25, -0.2) is 0 Å². The zero-order chi connectivity index (χ0) is 50.1. The van der Waals surface area contributed by atoms with Crippen LogP contribution in [0.1, 0.15) is 116 Å². The van der Waals surface area contributed by atoms with E-state index in [2.05, 4.69) is 15.8 Å². The second kappa shape index (κ2) is 25.9. The van der Waals surface area contributed by atoms with Gasteiger partial charge in [-0.15, -0.1) is 0 Å². The van der Waals surface area contributed by atoms with Crippen molar-refractivity contribution >= 4 is 41.3 Å². The van der Waals surface area contributed by atoms with E-state index in [1.807, 2.05) is 107 Å². The second-order valence-electron chi connectivity index (χ2n) is 20.9. The van der Waals surface area contributed by atoms with Crippen LogP contribution in [-0.2, 0) is 57.7 Å². The number of nitrogens with one attached hydrogen (secondary N) is 2. The number of Topliss-reactive ketones (excluding diaryl/α,β-unsaturated/α-hetero) is 3. The second-order valence-corrected chi connectivity index (χ2v) is 20.9. The Hall–Kier alpha value is -5.53. The number of esters is 1. The van der Waals surface area contributed by atoms with E-state index < -0.39 is 29.3 Å². The first-order valence-electron chi connectivity index (χ1n) is 25.0. The van der Waals surface area contributed by atoms with Gasteiger partial charge in [-0.2, -0.15) is 0 Å². The van der Waals surface area contributed by atoms with Crippen LogP contribution < -0.4 is 15.4 Å². The molecule has 2 aliphatic rings. The molecule has 2 N–H and O–H groups in total. The minimum Gasteiger partial charge on any atom is -0.426 e. The number of quaternary nitrogens is 1. The minimum absolute atomic E-state index is 0.0266. The van der Waals surface area contributed by atoms with Gasteiger partial charge >= 0.3 is 5.97 Å². The van der Waals surface area contributed by atoms with Gasteiger partial charge in [0.1, 0.15) is 39.0 Å². The molecule has 2 fully saturated rings. The van der Waals surface area contributed by atoms with Crippen LogP contribution in [0.5, 0.6) is 5.75 Å². The summed E-state index contributed by atoms with van der Waals surface area (Å²) in [7, 11) is 1.43. The van der Waals surface area contributed by atoms with Crippen molar-refractivity contribution in [3.05, 3.63) is 101 Å². The first kappa shape index (κ1) is 54.4. The number of oxime groups is 1. The molecule has 1 aliphatic carbocycles. The van der Waals surface area contributed by atoms with Crippen molar-refractivity contribution < 1.29 is 47.6 Å². The lowest BCUT2D eigenvalue weighted by molar-refractivity contribution is -0.940. The molecule has 0 aromatic heterocycles. The Morgan fingerprint density at radius 3 is 1.94 bits per heavy atom. The lowest BCUT2D eigenvalue weighted by atomic mass is 9.87. The van der Waals surface area contributed by atoms with Crippen LogP contribution in [0.25, 0.3) is 0 Å². The van der Waals surface area contributed by atoms with E-state index >= 15 is 0 Å². The Labute approximate surface area is 410 Å². The lowest BCUT2D eigenvalue weighted by Crippen LogP contribution is -2.57. The minimum atomic E-state index is -0.896. The highest BCUT2D eigenvalue weighted by molar-refractivity contribution is 5.97. The number of rotatable bonds is 28. The maximum absolute atomic E-state index is 14.7. The fourth-order valence-corrected chi connectivity index (χ4v) is 9.16. The van der Waals surface area contributed by atoms with Gasteiger partial charge in [0.15, 0.2) is 17.3 Å². The third-order valence-electron chi connectivity index (χ3n) is 13.5. The topological polar surface area (TPSA) is 167 Å². The fourth-order valence-electron chi connectivity index (χ4n) is 9.16. The molecule has 13 heteroatoms. The standard InChI is InChI=1S/C56H76N4O9/c1-38(2)29-48(50(62)34-45(31-42-17-13-10-14-18-42)54(65)59-49(30-39(3)4)52(63)56(7)23-24-56)58-53(64)44(21-19-41-15-11-9-12-16-41)33-47(61)37-60(25-27-68-28-26-60)36-43-20-22-51(69-55(66)40(5)6)46(32-43)35-57-67-8/h9-18,20,22,32,35,38-40,44-45,48-49H,19,21,23-31,33-34,36-37H2,1-8H3,(H-,58,59,64,65)/p+1/b57-35+/t44-,45-,48?,49?/m1/s1. The Kier molecular flexibility index (Phi) is 20.4. The van der Waals surface area contributed by atoms with Crippen molar-refractivity contribution in [3.63, 3.8) is 0 Å². The predicted molar refractivity (Wildman–Crippen MR) is 267 cm³/mol. The highest BCUT2D eigenvalue weighted by Crippen LogP contribution is 2.47. The van der Waals surface area contributed by atoms with Crippen LogP contribution in [-0.4, -0.2) is 97.9 Å². The molecule has 1 heterocycles. The fraction of sp³-hybridized carbons (Fsp3) is 0.554. The van der Waals surface area contributed by atoms with Gasteiger partial charge in [-0.3, -0.25) is 28.8 Å². The SMILES string of the molecule is CO/N=C/c1cc(C[N+]2(CC(=O)C[C@@H](CCc3ccccc3)C(=O)NC(CC(C)C)C(=O)C[C@@H](Cc3ccccc3)C(=O)NC(CC(C)C)C(=O)C3(C)CC3)CCOCC2)ccc1OC(=O)C(C)C. The molecule has 13 nitrogen and oxygen atoms in total. The van der Waals surface area contributed by atoms with Gasteiger partial charge < -0.3 is 29.4 Å². The van der Waals surface area contributed by atoms with E-state index in [1.54, 1.807) is 19.9 Å². The van der Waals surface area contributed by atoms with Gasteiger partial charge in [0.25, 0.3) is 0 Å². The summed E-state index contributed by atoms with van der Waals surface area (Å²) < 4.78 is 11.9. The monoisotopic (exact) mass is 950 g/mol. The molecule has 0 radical (unpaired) electrons. The van der Waals surface area contributed by atoms with Crippen molar-refractivity contribution in [2.75, 3.05) is 40.0 Å². The van der Waals surface area contributed by atoms with E-state index in [0.29, 0.717) is 74.3 Å². The molecule has 374 valence electrons. The molecule has 3 aromatic carbocycles. The summed E-state index contributed by atoms with van der Waals surface area (Å²) in [5.74, 6) is -2.69. The molecular formula is C56H77N4O9+. The Balaban J connectivity index is 1.37. The van der Waals surface area contributed by atoms with Crippen molar-refractivity contribution in [2.45, 2.75) is 125 Å². The van der Waals surface area contributed by atoms with Crippen molar-refractivity contribution in [3.8, 4) is 5.75 Å². The van der Waals surface area contributed by atoms with E-state index in [0.717, 1.165) is 29.5 Å². The van der Waals surface area contributed by atoms with Gasteiger partial charge in [0.2, 0.25) is 11.8 Å². The largest absolute Gasteiger partial charge is 0.426 e. The number of morpholine rings is 1. The quantitative estimate of drug-likeness (QED) is 0.0241. The number of amides is 2. The third-order valence-corrected chi connectivity index (χ3v) is 13.5. The Morgan fingerprint density at radius 1 is 0.754 bits per heavy atom. The van der Waals surface area contributed by atoms with E-state index in [4.69, 9.17) is 14.3 Å². The number of hydrogen-bond donors (Lipinski definition) is 2. The summed E-state index contributed by atoms with van der Waals surface area (Å²) in [6, 6.07) is 23.3. The number of hydrogen-bond acceptors (Lipinski definition) is 10. The molecule has 2 amide bonds. The number of ketones is 3. The number of carbonyl (C=O) groups excluding carboxylic acids is 6. The molecule has 2 unspecified atom stereocenters. The highest BCUT2D eigenvalue weighted by Gasteiger charge is 2.48. The van der Waals surface area contributed by atoms with E-state index in [9.17, 15) is 28.8 Å². The smallest absolute Gasteiger partial charge is 0.313 e. The predicted octanol–water partition coefficient (Wildman–Crippen LogP) is 8.03. The maximum Gasteiger partial charge on any atom is 0.313 e. The summed E-state index contributed by atoms with van der Waals surface area (Å²) in [5.41, 5.74) is 2.95. The van der Waals surface area contributed by atoms with Crippen LogP contribution in [0.3, 0.4) is 0 Å². The molecule has 0 spiro atoms. The summed E-state index contributed by atoms with van der Waals surface area (Å²) in [5, 5.41) is 10.1. The first-order valence-corrected chi connectivity index (χ1v) is 25.0. The summed E-state index contributed by atoms with van der Waals surface area (Å²) in [6.07, 6.45) is 5.01. The summed E-state index contributed by atoms with van der Waals surface area (Å²) in [4.78, 5) is 89.2. The van der Waals surface area contributed by atoms with Crippen molar-refractivity contribution in [1.82, 2.24) is 10.6 Å². The molecule has 1 saturated carbocycles. The van der Waals surface area contributed by atoms with Crippen molar-refractivity contribution in [2.24, 2.45) is 40.2 Å². The number of carbonyl (C=O) groups is 6. The van der Waals surface area contributed by atoms with Crippen LogP contribution >= 0.6 is 0 Å². The van der Waals surface area contributed by atoms with Crippen LogP contribution in [0.15, 0.2) is 84.0 Å². The lowest BCUT2D eigenvalue weighted by Gasteiger charge is -2.41. The normalized spacial score (nSPS) is 16.9. The number of ether oxygens (including phenoxy) is 2. The average molecular weight is 950 g/mol. The molecule has 0 bridgehead atoms. The molecule has 69 heavy (non-hydrogen) atoms. The van der Waals surface area contributed by atoms with Gasteiger partial charge in [0, 0.05) is 41.2 Å². The van der Waals surface area contributed by atoms with Crippen LogP contribution in [0.4, 0.5) is 0 Å². The van der Waals surface area contributed by atoms with Crippen LogP contribution in [0.2, 0.25) is 0 Å². The van der Waals surface area contributed by atoms with Gasteiger partial charge in [-0.1, -0.05) is 114 Å².